The number of amides is 1. The van der Waals surface area contributed by atoms with Gasteiger partial charge in [-0.05, 0) is 40.4 Å². The zero-order chi connectivity index (χ0) is 14.8. The number of hydrogen-bond acceptors (Lipinski definition) is 4. The molecule has 2 atom stereocenters. The summed E-state index contributed by atoms with van der Waals surface area (Å²) in [6.45, 7) is 12.6. The molecule has 0 N–H and O–H groups in total. The minimum absolute atomic E-state index is 0.191. The van der Waals surface area contributed by atoms with Crippen LogP contribution < -0.4 is 0 Å². The maximum absolute atomic E-state index is 12.0. The van der Waals surface area contributed by atoms with Crippen molar-refractivity contribution in [1.29, 1.82) is 5.26 Å². The van der Waals surface area contributed by atoms with Gasteiger partial charge in [-0.2, -0.15) is 5.26 Å². The van der Waals surface area contributed by atoms with Crippen LogP contribution in [0.2, 0.25) is 19.6 Å². The first-order valence-corrected chi connectivity index (χ1v) is 9.98. The lowest BCUT2D eigenvalue weighted by atomic mass is 10.1. The van der Waals surface area contributed by atoms with E-state index in [2.05, 4.69) is 25.7 Å². The van der Waals surface area contributed by atoms with E-state index in [1.807, 2.05) is 20.8 Å². The molecule has 0 aliphatic carbocycles. The molecule has 1 aliphatic rings. The average Bonchev–Trinajstić information content (AvgIpc) is 2.55. The van der Waals surface area contributed by atoms with Crippen LogP contribution in [0, 0.1) is 17.2 Å². The van der Waals surface area contributed by atoms with Gasteiger partial charge in [-0.1, -0.05) is 0 Å². The van der Waals surface area contributed by atoms with E-state index in [0.717, 1.165) is 0 Å². The quantitative estimate of drug-likeness (QED) is 0.731. The Hall–Kier alpha value is -1.06. The average molecular weight is 284 g/mol. The van der Waals surface area contributed by atoms with E-state index in [9.17, 15) is 10.1 Å². The normalized spacial score (nSPS) is 24.2. The molecule has 0 aromatic carbocycles. The SMILES string of the molecule is CC(C)(C)OC(=O)N1CC(C#N)[C@@H](O[Si](C)(C)C)C1. The van der Waals surface area contributed by atoms with Crippen LogP contribution in [-0.2, 0) is 9.16 Å². The van der Waals surface area contributed by atoms with E-state index in [0.29, 0.717) is 13.1 Å². The van der Waals surface area contributed by atoms with Crippen LogP contribution in [0.25, 0.3) is 0 Å². The van der Waals surface area contributed by atoms with Crippen molar-refractivity contribution in [3.05, 3.63) is 0 Å². The highest BCUT2D eigenvalue weighted by Crippen LogP contribution is 2.24. The number of ether oxygens (including phenoxy) is 1. The van der Waals surface area contributed by atoms with Crippen LogP contribution >= 0.6 is 0 Å². The first-order valence-electron chi connectivity index (χ1n) is 6.57. The molecular weight excluding hydrogens is 260 g/mol. The van der Waals surface area contributed by atoms with Crippen LogP contribution in [0.3, 0.4) is 0 Å². The van der Waals surface area contributed by atoms with Crippen molar-refractivity contribution in [3.8, 4) is 6.07 Å². The number of hydrogen-bond donors (Lipinski definition) is 0. The molecule has 108 valence electrons. The van der Waals surface area contributed by atoms with Crippen LogP contribution in [0.1, 0.15) is 20.8 Å². The summed E-state index contributed by atoms with van der Waals surface area (Å²) in [7, 11) is -1.72. The van der Waals surface area contributed by atoms with Crippen molar-refractivity contribution in [1.82, 2.24) is 4.90 Å². The van der Waals surface area contributed by atoms with E-state index in [1.165, 1.54) is 0 Å². The largest absolute Gasteiger partial charge is 0.444 e. The van der Waals surface area contributed by atoms with Crippen LogP contribution in [-0.4, -0.2) is 44.1 Å². The van der Waals surface area contributed by atoms with Crippen molar-refractivity contribution in [2.45, 2.75) is 52.1 Å². The van der Waals surface area contributed by atoms with E-state index in [-0.39, 0.29) is 18.1 Å². The number of likely N-dealkylation sites (tertiary alicyclic amines) is 1. The highest BCUT2D eigenvalue weighted by molar-refractivity contribution is 6.69. The summed E-state index contributed by atoms with van der Waals surface area (Å²) >= 11 is 0. The van der Waals surface area contributed by atoms with Crippen LogP contribution in [0.5, 0.6) is 0 Å². The number of rotatable bonds is 2. The molecule has 1 fully saturated rings. The predicted octanol–water partition coefficient (Wildman–Crippen LogP) is 2.60. The lowest BCUT2D eigenvalue weighted by Crippen LogP contribution is -2.38. The Kier molecular flexibility index (Phi) is 4.64. The molecular formula is C13H24N2O3Si. The smallest absolute Gasteiger partial charge is 0.410 e. The Morgan fingerprint density at radius 3 is 2.32 bits per heavy atom. The summed E-state index contributed by atoms with van der Waals surface area (Å²) in [4.78, 5) is 13.6. The number of nitriles is 1. The van der Waals surface area contributed by atoms with Gasteiger partial charge in [0, 0.05) is 6.54 Å². The fraction of sp³-hybridized carbons (Fsp3) is 0.846. The molecule has 1 heterocycles. The molecule has 19 heavy (non-hydrogen) atoms. The van der Waals surface area contributed by atoms with Gasteiger partial charge in [0.2, 0.25) is 0 Å². The molecule has 1 aliphatic heterocycles. The second kappa shape index (κ2) is 5.51. The molecule has 0 aromatic heterocycles. The van der Waals surface area contributed by atoms with Crippen LogP contribution in [0.4, 0.5) is 4.79 Å². The van der Waals surface area contributed by atoms with Gasteiger partial charge in [-0.25, -0.2) is 4.79 Å². The minimum atomic E-state index is -1.72. The first-order chi connectivity index (χ1) is 8.52. The van der Waals surface area contributed by atoms with Gasteiger partial charge in [0.25, 0.3) is 0 Å². The maximum Gasteiger partial charge on any atom is 0.410 e. The van der Waals surface area contributed by atoms with E-state index in [4.69, 9.17) is 9.16 Å². The van der Waals surface area contributed by atoms with Gasteiger partial charge in [-0.15, -0.1) is 0 Å². The molecule has 0 radical (unpaired) electrons. The number of carbonyl (C=O) groups is 1. The summed E-state index contributed by atoms with van der Waals surface area (Å²) < 4.78 is 11.3. The fourth-order valence-corrected chi connectivity index (χ4v) is 3.09. The van der Waals surface area contributed by atoms with Gasteiger partial charge in [0.05, 0.1) is 24.6 Å². The van der Waals surface area contributed by atoms with E-state index in [1.54, 1.807) is 4.90 Å². The van der Waals surface area contributed by atoms with Gasteiger partial charge >= 0.3 is 6.09 Å². The Morgan fingerprint density at radius 2 is 1.89 bits per heavy atom. The molecule has 0 saturated carbocycles. The monoisotopic (exact) mass is 284 g/mol. The molecule has 0 aromatic rings. The Labute approximate surface area is 116 Å². The van der Waals surface area contributed by atoms with Crippen molar-refractivity contribution in [2.75, 3.05) is 13.1 Å². The van der Waals surface area contributed by atoms with Crippen molar-refractivity contribution in [3.63, 3.8) is 0 Å². The topological polar surface area (TPSA) is 62.6 Å². The Morgan fingerprint density at radius 1 is 1.32 bits per heavy atom. The summed E-state index contributed by atoms with van der Waals surface area (Å²) in [5.41, 5.74) is -0.517. The fourth-order valence-electron chi connectivity index (χ4n) is 1.95. The highest BCUT2D eigenvalue weighted by atomic mass is 28.4. The lowest BCUT2D eigenvalue weighted by Gasteiger charge is -2.26. The Balaban J connectivity index is 2.67. The van der Waals surface area contributed by atoms with Gasteiger partial charge in [-0.3, -0.25) is 0 Å². The summed E-state index contributed by atoms with van der Waals surface area (Å²) in [6, 6.07) is 2.23. The molecule has 0 spiro atoms. The molecule has 1 saturated heterocycles. The molecule has 1 rings (SSSR count). The standard InChI is InChI=1S/C13H24N2O3Si/c1-13(2,3)17-12(16)15-8-10(7-14)11(9-15)18-19(4,5)6/h10-11H,8-9H2,1-6H3/t10?,11-/m0/s1. The number of nitrogens with zero attached hydrogens (tertiary/aromatic N) is 2. The van der Waals surface area contributed by atoms with Crippen LogP contribution in [0.15, 0.2) is 0 Å². The molecule has 1 amide bonds. The van der Waals surface area contributed by atoms with Gasteiger partial charge < -0.3 is 14.1 Å². The lowest BCUT2D eigenvalue weighted by molar-refractivity contribution is 0.0273. The van der Waals surface area contributed by atoms with Gasteiger partial charge in [0.1, 0.15) is 5.60 Å². The minimum Gasteiger partial charge on any atom is -0.444 e. The van der Waals surface area contributed by atoms with Gasteiger partial charge in [0.15, 0.2) is 8.32 Å². The molecule has 5 nitrogen and oxygen atoms in total. The third-order valence-electron chi connectivity index (χ3n) is 2.59. The van der Waals surface area contributed by atoms with E-state index >= 15 is 0 Å². The second-order valence-electron chi connectivity index (χ2n) is 6.89. The number of carbonyl (C=O) groups excluding carboxylic acids is 1. The first kappa shape index (κ1) is 16.0. The highest BCUT2D eigenvalue weighted by Gasteiger charge is 2.39. The molecule has 0 bridgehead atoms. The third kappa shape index (κ3) is 5.21. The summed E-state index contributed by atoms with van der Waals surface area (Å²) in [6.07, 6.45) is -0.557. The second-order valence-corrected chi connectivity index (χ2v) is 11.4. The zero-order valence-electron chi connectivity index (χ0n) is 12.7. The maximum atomic E-state index is 12.0. The third-order valence-corrected chi connectivity index (χ3v) is 3.60. The zero-order valence-corrected chi connectivity index (χ0v) is 13.7. The van der Waals surface area contributed by atoms with Crippen molar-refractivity contribution < 1.29 is 14.0 Å². The predicted molar refractivity (Wildman–Crippen MR) is 75.1 cm³/mol. The molecule has 1 unspecified atom stereocenters. The van der Waals surface area contributed by atoms with Crippen molar-refractivity contribution >= 4 is 14.4 Å². The Bertz CT molecular complexity index is 379. The van der Waals surface area contributed by atoms with Crippen molar-refractivity contribution in [2.24, 2.45) is 5.92 Å². The van der Waals surface area contributed by atoms with E-state index < -0.39 is 13.9 Å². The summed E-state index contributed by atoms with van der Waals surface area (Å²) in [5.74, 6) is -0.265. The summed E-state index contributed by atoms with van der Waals surface area (Å²) in [5, 5.41) is 9.17. The molecule has 6 heteroatoms.